The predicted octanol–water partition coefficient (Wildman–Crippen LogP) is 4.29. The number of nitrogens with zero attached hydrogens (tertiary/aromatic N) is 3. The number of hydrogen-bond acceptors (Lipinski definition) is 6. The van der Waals surface area contributed by atoms with Crippen molar-refractivity contribution in [2.24, 2.45) is 5.10 Å². The maximum atomic E-state index is 13.1. The summed E-state index contributed by atoms with van der Waals surface area (Å²) in [5, 5.41) is 4.97. The van der Waals surface area contributed by atoms with Crippen LogP contribution in [0.3, 0.4) is 0 Å². The Morgan fingerprint density at radius 2 is 2.03 bits per heavy atom. The fraction of sp³-hybridized carbons (Fsp3) is 0.286. The van der Waals surface area contributed by atoms with Crippen molar-refractivity contribution in [1.82, 2.24) is 9.66 Å². The molecule has 0 N–H and O–H groups in total. The van der Waals surface area contributed by atoms with Crippen LogP contribution in [0.1, 0.15) is 38.1 Å². The first-order valence-electron chi connectivity index (χ1n) is 9.31. The molecule has 0 fully saturated rings. The van der Waals surface area contributed by atoms with Crippen LogP contribution in [0.2, 0.25) is 0 Å². The lowest BCUT2D eigenvalue weighted by atomic mass is 10.2. The van der Waals surface area contributed by atoms with E-state index in [1.165, 1.54) is 4.68 Å². The van der Waals surface area contributed by atoms with Crippen molar-refractivity contribution in [2.45, 2.75) is 26.7 Å². The molecule has 7 nitrogen and oxygen atoms in total. The van der Waals surface area contributed by atoms with Gasteiger partial charge in [-0.05, 0) is 31.2 Å². The van der Waals surface area contributed by atoms with Gasteiger partial charge >= 0.3 is 0 Å². The van der Waals surface area contributed by atoms with Gasteiger partial charge in [-0.25, -0.2) is 4.98 Å². The van der Waals surface area contributed by atoms with E-state index in [1.807, 2.05) is 32.9 Å². The standard InChI is InChI=1S/C21H20BrN3O4/c1-4-27-17-9-19-18(28-11-29-19)7-13(17)10-23-25-20(12(2)3)24-16-6-5-14(22)8-15(16)21(25)26/h5-10,12H,4,11H2,1-3H3. The molecule has 0 spiro atoms. The molecule has 0 radical (unpaired) electrons. The predicted molar refractivity (Wildman–Crippen MR) is 115 cm³/mol. The second kappa shape index (κ2) is 7.87. The Bertz CT molecular complexity index is 1170. The van der Waals surface area contributed by atoms with Crippen LogP contribution in [-0.4, -0.2) is 29.3 Å². The summed E-state index contributed by atoms with van der Waals surface area (Å²) < 4.78 is 18.7. The molecule has 2 aromatic carbocycles. The van der Waals surface area contributed by atoms with Crippen molar-refractivity contribution >= 4 is 33.0 Å². The molecular formula is C21H20BrN3O4. The van der Waals surface area contributed by atoms with Gasteiger partial charge in [0.1, 0.15) is 11.6 Å². The third kappa shape index (κ3) is 3.72. The lowest BCUT2D eigenvalue weighted by Gasteiger charge is -2.12. The molecule has 0 atom stereocenters. The van der Waals surface area contributed by atoms with E-state index in [-0.39, 0.29) is 18.3 Å². The number of benzene rings is 2. The third-order valence-electron chi connectivity index (χ3n) is 4.47. The first-order chi connectivity index (χ1) is 14.0. The van der Waals surface area contributed by atoms with E-state index in [1.54, 1.807) is 24.4 Å². The van der Waals surface area contributed by atoms with Crippen LogP contribution >= 0.6 is 15.9 Å². The van der Waals surface area contributed by atoms with Gasteiger partial charge in [0.15, 0.2) is 11.5 Å². The molecule has 4 rings (SSSR count). The molecule has 0 bridgehead atoms. The van der Waals surface area contributed by atoms with Crippen LogP contribution in [-0.2, 0) is 0 Å². The highest BCUT2D eigenvalue weighted by Crippen LogP contribution is 2.37. The molecule has 8 heteroatoms. The molecule has 0 saturated heterocycles. The van der Waals surface area contributed by atoms with E-state index in [0.29, 0.717) is 46.1 Å². The fourth-order valence-corrected chi connectivity index (χ4v) is 3.45. The zero-order chi connectivity index (χ0) is 20.5. The molecular weight excluding hydrogens is 438 g/mol. The van der Waals surface area contributed by atoms with Crippen LogP contribution in [0.15, 0.2) is 44.7 Å². The minimum Gasteiger partial charge on any atom is -0.493 e. The lowest BCUT2D eigenvalue weighted by Crippen LogP contribution is -2.23. The summed E-state index contributed by atoms with van der Waals surface area (Å²) in [5.41, 5.74) is 1.11. The highest BCUT2D eigenvalue weighted by atomic mass is 79.9. The van der Waals surface area contributed by atoms with Crippen LogP contribution < -0.4 is 19.8 Å². The van der Waals surface area contributed by atoms with Crippen molar-refractivity contribution in [2.75, 3.05) is 13.4 Å². The van der Waals surface area contributed by atoms with Gasteiger partial charge in [-0.2, -0.15) is 9.78 Å². The first-order valence-corrected chi connectivity index (χ1v) is 10.1. The van der Waals surface area contributed by atoms with Gasteiger partial charge in [0.2, 0.25) is 6.79 Å². The second-order valence-electron chi connectivity index (χ2n) is 6.82. The van der Waals surface area contributed by atoms with Gasteiger partial charge in [0.25, 0.3) is 5.56 Å². The van der Waals surface area contributed by atoms with Crippen molar-refractivity contribution in [1.29, 1.82) is 0 Å². The highest BCUT2D eigenvalue weighted by molar-refractivity contribution is 9.10. The number of ether oxygens (including phenoxy) is 3. The van der Waals surface area contributed by atoms with E-state index >= 15 is 0 Å². The van der Waals surface area contributed by atoms with Crippen molar-refractivity contribution in [3.05, 3.63) is 56.5 Å². The number of rotatable bonds is 5. The van der Waals surface area contributed by atoms with Crippen molar-refractivity contribution in [3.8, 4) is 17.2 Å². The molecule has 29 heavy (non-hydrogen) atoms. The molecule has 150 valence electrons. The molecule has 0 aliphatic carbocycles. The zero-order valence-electron chi connectivity index (χ0n) is 16.3. The summed E-state index contributed by atoms with van der Waals surface area (Å²) in [6, 6.07) is 9.02. The normalized spacial score (nSPS) is 13.0. The Labute approximate surface area is 176 Å². The Balaban J connectivity index is 1.85. The SMILES string of the molecule is CCOc1cc2c(cc1C=Nn1c(C(C)C)nc3ccc(Br)cc3c1=O)OCO2. The molecule has 1 aliphatic heterocycles. The smallest absolute Gasteiger partial charge is 0.282 e. The van der Waals surface area contributed by atoms with Crippen LogP contribution in [0, 0.1) is 0 Å². The Kier molecular flexibility index (Phi) is 5.27. The van der Waals surface area contributed by atoms with E-state index in [2.05, 4.69) is 26.0 Å². The average molecular weight is 458 g/mol. The topological polar surface area (TPSA) is 74.9 Å². The maximum Gasteiger partial charge on any atom is 0.282 e. The minimum atomic E-state index is -0.227. The van der Waals surface area contributed by atoms with Crippen LogP contribution in [0.5, 0.6) is 17.2 Å². The number of fused-ring (bicyclic) bond motifs is 2. The summed E-state index contributed by atoms with van der Waals surface area (Å²) in [6.07, 6.45) is 1.59. The van der Waals surface area contributed by atoms with Gasteiger partial charge in [0, 0.05) is 22.0 Å². The van der Waals surface area contributed by atoms with Crippen molar-refractivity contribution in [3.63, 3.8) is 0 Å². The van der Waals surface area contributed by atoms with Crippen LogP contribution in [0.4, 0.5) is 0 Å². The summed E-state index contributed by atoms with van der Waals surface area (Å²) in [7, 11) is 0. The number of aromatic nitrogens is 2. The Morgan fingerprint density at radius 3 is 2.76 bits per heavy atom. The highest BCUT2D eigenvalue weighted by Gasteiger charge is 2.18. The molecule has 0 amide bonds. The van der Waals surface area contributed by atoms with E-state index in [9.17, 15) is 4.79 Å². The average Bonchev–Trinajstić information content (AvgIpc) is 3.14. The quantitative estimate of drug-likeness (QED) is 0.534. The Hall–Kier alpha value is -2.87. The maximum absolute atomic E-state index is 13.1. The largest absolute Gasteiger partial charge is 0.493 e. The Morgan fingerprint density at radius 1 is 1.28 bits per heavy atom. The first kappa shape index (κ1) is 19.4. The molecule has 1 aromatic heterocycles. The summed E-state index contributed by atoms with van der Waals surface area (Å²) in [6.45, 7) is 6.51. The summed E-state index contributed by atoms with van der Waals surface area (Å²) in [5.74, 6) is 2.45. The van der Waals surface area contributed by atoms with Gasteiger partial charge in [-0.3, -0.25) is 4.79 Å². The zero-order valence-corrected chi connectivity index (χ0v) is 17.9. The van der Waals surface area contributed by atoms with Crippen molar-refractivity contribution < 1.29 is 14.2 Å². The summed E-state index contributed by atoms with van der Waals surface area (Å²) >= 11 is 3.41. The van der Waals surface area contributed by atoms with E-state index < -0.39 is 0 Å². The number of hydrogen-bond donors (Lipinski definition) is 0. The van der Waals surface area contributed by atoms with Gasteiger partial charge in [-0.15, -0.1) is 0 Å². The molecule has 0 unspecified atom stereocenters. The van der Waals surface area contributed by atoms with Gasteiger partial charge in [-0.1, -0.05) is 29.8 Å². The number of halogens is 1. The second-order valence-corrected chi connectivity index (χ2v) is 7.74. The monoisotopic (exact) mass is 457 g/mol. The summed E-state index contributed by atoms with van der Waals surface area (Å²) in [4.78, 5) is 17.8. The molecule has 2 heterocycles. The lowest BCUT2D eigenvalue weighted by molar-refractivity contribution is 0.174. The van der Waals surface area contributed by atoms with Gasteiger partial charge in [0.05, 0.1) is 23.7 Å². The van der Waals surface area contributed by atoms with Gasteiger partial charge < -0.3 is 14.2 Å². The minimum absolute atomic E-state index is 0.0102. The molecule has 0 saturated carbocycles. The molecule has 1 aliphatic rings. The van der Waals surface area contributed by atoms with E-state index in [0.717, 1.165) is 4.47 Å². The van der Waals surface area contributed by atoms with E-state index in [4.69, 9.17) is 14.2 Å². The third-order valence-corrected chi connectivity index (χ3v) is 4.96. The fourth-order valence-electron chi connectivity index (χ4n) is 3.09. The van der Waals surface area contributed by atoms with Crippen LogP contribution in [0.25, 0.3) is 10.9 Å². The molecule has 3 aromatic rings.